The van der Waals surface area contributed by atoms with Crippen LogP contribution >= 0.6 is 0 Å². The molecule has 0 saturated heterocycles. The van der Waals surface area contributed by atoms with Crippen LogP contribution < -0.4 is 21.0 Å². The van der Waals surface area contributed by atoms with Gasteiger partial charge in [-0.2, -0.15) is 0 Å². The van der Waals surface area contributed by atoms with E-state index in [1.165, 1.54) is 13.2 Å². The third-order valence-electron chi connectivity index (χ3n) is 4.83. The second-order valence-electron chi connectivity index (χ2n) is 7.08. The lowest BCUT2D eigenvalue weighted by atomic mass is 10.1. The summed E-state index contributed by atoms with van der Waals surface area (Å²) in [6.45, 7) is 4.59. The number of amides is 1. The Morgan fingerprint density at radius 3 is 2.59 bits per heavy atom. The minimum Gasteiger partial charge on any atom is -0.496 e. The fourth-order valence-corrected chi connectivity index (χ4v) is 3.24. The van der Waals surface area contributed by atoms with Crippen molar-refractivity contribution in [2.45, 2.75) is 19.4 Å². The van der Waals surface area contributed by atoms with Gasteiger partial charge in [-0.15, -0.1) is 6.58 Å². The van der Waals surface area contributed by atoms with Crippen LogP contribution in [0.15, 0.2) is 64.3 Å². The number of rotatable bonds is 10. The van der Waals surface area contributed by atoms with Gasteiger partial charge in [0.05, 0.1) is 13.5 Å². The zero-order chi connectivity index (χ0) is 23.1. The average molecular weight is 436 g/mol. The summed E-state index contributed by atoms with van der Waals surface area (Å²) in [5.41, 5.74) is 1.66. The van der Waals surface area contributed by atoms with Gasteiger partial charge in [0.15, 0.2) is 0 Å². The van der Waals surface area contributed by atoms with Crippen molar-refractivity contribution < 1.29 is 23.8 Å². The van der Waals surface area contributed by atoms with Crippen LogP contribution in [0.5, 0.6) is 5.75 Å². The molecule has 3 rings (SSSR count). The predicted molar refractivity (Wildman–Crippen MR) is 121 cm³/mol. The van der Waals surface area contributed by atoms with Gasteiger partial charge in [-0.05, 0) is 42.3 Å². The molecule has 0 spiro atoms. The van der Waals surface area contributed by atoms with Crippen molar-refractivity contribution in [1.82, 2.24) is 5.32 Å². The maximum Gasteiger partial charge on any atom is 0.349 e. The van der Waals surface area contributed by atoms with Crippen LogP contribution in [-0.2, 0) is 17.8 Å². The van der Waals surface area contributed by atoms with Gasteiger partial charge in [0.2, 0.25) is 0 Å². The van der Waals surface area contributed by atoms with E-state index < -0.39 is 17.5 Å². The Hall–Kier alpha value is -3.91. The lowest BCUT2D eigenvalue weighted by Crippen LogP contribution is -2.21. The molecule has 166 valence electrons. The van der Waals surface area contributed by atoms with Gasteiger partial charge in [0.1, 0.15) is 16.9 Å². The molecule has 0 unspecified atom stereocenters. The fraction of sp³-hybridized carbons (Fsp3) is 0.208. The summed E-state index contributed by atoms with van der Waals surface area (Å²) < 4.78 is 10.8. The van der Waals surface area contributed by atoms with Crippen LogP contribution in [-0.4, -0.2) is 30.6 Å². The van der Waals surface area contributed by atoms with Gasteiger partial charge < -0.3 is 24.9 Å². The lowest BCUT2D eigenvalue weighted by molar-refractivity contribution is -0.136. The van der Waals surface area contributed by atoms with Gasteiger partial charge in [0, 0.05) is 29.7 Å². The predicted octanol–water partition coefficient (Wildman–Crippen LogP) is 3.35. The molecule has 0 atom stereocenters. The van der Waals surface area contributed by atoms with Crippen molar-refractivity contribution in [3.63, 3.8) is 0 Å². The van der Waals surface area contributed by atoms with Crippen molar-refractivity contribution in [3.05, 3.63) is 82.2 Å². The largest absolute Gasteiger partial charge is 0.496 e. The van der Waals surface area contributed by atoms with E-state index in [2.05, 4.69) is 17.2 Å². The number of carboxylic acid groups (broad SMARTS) is 1. The Morgan fingerprint density at radius 1 is 1.19 bits per heavy atom. The number of carboxylic acids is 1. The summed E-state index contributed by atoms with van der Waals surface area (Å²) in [7, 11) is 1.53. The quantitative estimate of drug-likeness (QED) is 0.253. The Balaban J connectivity index is 1.75. The van der Waals surface area contributed by atoms with Gasteiger partial charge in [-0.1, -0.05) is 18.2 Å². The number of methoxy groups -OCH3 is 1. The highest BCUT2D eigenvalue weighted by Gasteiger charge is 2.17. The molecule has 0 aliphatic heterocycles. The summed E-state index contributed by atoms with van der Waals surface area (Å²) in [6.07, 6.45) is 2.18. The van der Waals surface area contributed by atoms with Crippen LogP contribution in [0, 0.1) is 0 Å². The molecule has 1 heterocycles. The van der Waals surface area contributed by atoms with Crippen LogP contribution in [0.4, 0.5) is 5.69 Å². The standard InChI is InChI=1S/C24H24N2O6/c1-3-4-18-20(31-2)10-7-16-13-19(24(30)32-22(16)18)23(29)26-17-8-5-15(6-9-17)14-25-12-11-21(27)28/h3,5-10,13,25H,1,4,11-12,14H2,2H3,(H,26,29)(H,27,28). The summed E-state index contributed by atoms with van der Waals surface area (Å²) in [5, 5.41) is 15.0. The van der Waals surface area contributed by atoms with E-state index >= 15 is 0 Å². The van der Waals surface area contributed by atoms with Crippen LogP contribution in [0.25, 0.3) is 11.0 Å². The van der Waals surface area contributed by atoms with E-state index in [1.807, 2.05) is 0 Å². The highest BCUT2D eigenvalue weighted by molar-refractivity contribution is 6.05. The second-order valence-corrected chi connectivity index (χ2v) is 7.08. The van der Waals surface area contributed by atoms with Crippen molar-refractivity contribution >= 4 is 28.5 Å². The Bertz CT molecular complexity index is 1200. The lowest BCUT2D eigenvalue weighted by Gasteiger charge is -2.11. The topological polar surface area (TPSA) is 118 Å². The number of hydrogen-bond donors (Lipinski definition) is 3. The SMILES string of the molecule is C=CCc1c(OC)ccc2cc(C(=O)Nc3ccc(CNCCC(=O)O)cc3)c(=O)oc12. The number of benzene rings is 2. The highest BCUT2D eigenvalue weighted by atomic mass is 16.5. The van der Waals surface area contributed by atoms with Crippen molar-refractivity contribution in [1.29, 1.82) is 0 Å². The normalized spacial score (nSPS) is 10.7. The molecule has 32 heavy (non-hydrogen) atoms. The molecule has 8 nitrogen and oxygen atoms in total. The van der Waals surface area contributed by atoms with E-state index in [-0.39, 0.29) is 12.0 Å². The molecule has 1 amide bonds. The minimum atomic E-state index is -0.857. The summed E-state index contributed by atoms with van der Waals surface area (Å²) >= 11 is 0. The molecule has 0 bridgehead atoms. The summed E-state index contributed by atoms with van der Waals surface area (Å²) in [5.74, 6) is -0.853. The zero-order valence-corrected chi connectivity index (χ0v) is 17.6. The Morgan fingerprint density at radius 2 is 1.94 bits per heavy atom. The molecule has 0 radical (unpaired) electrons. The smallest absolute Gasteiger partial charge is 0.349 e. The zero-order valence-electron chi connectivity index (χ0n) is 17.6. The molecular formula is C24H24N2O6. The van der Waals surface area contributed by atoms with Crippen LogP contribution in [0.2, 0.25) is 0 Å². The average Bonchev–Trinajstić information content (AvgIpc) is 2.77. The van der Waals surface area contributed by atoms with E-state index in [4.69, 9.17) is 14.3 Å². The molecule has 0 aliphatic carbocycles. The monoisotopic (exact) mass is 436 g/mol. The summed E-state index contributed by atoms with van der Waals surface area (Å²) in [4.78, 5) is 35.7. The minimum absolute atomic E-state index is 0.0460. The van der Waals surface area contributed by atoms with E-state index in [1.54, 1.807) is 42.5 Å². The Labute approximate surface area is 184 Å². The number of hydrogen-bond acceptors (Lipinski definition) is 6. The molecule has 8 heteroatoms. The fourth-order valence-electron chi connectivity index (χ4n) is 3.24. The third kappa shape index (κ3) is 5.41. The number of anilines is 1. The number of aliphatic carboxylic acids is 1. The maximum absolute atomic E-state index is 12.7. The van der Waals surface area contributed by atoms with E-state index in [0.29, 0.717) is 47.5 Å². The number of nitrogens with one attached hydrogen (secondary N) is 2. The van der Waals surface area contributed by atoms with Crippen LogP contribution in [0.3, 0.4) is 0 Å². The first-order chi connectivity index (χ1) is 15.4. The van der Waals surface area contributed by atoms with Gasteiger partial charge >= 0.3 is 11.6 Å². The number of carbonyl (C=O) groups excluding carboxylic acids is 1. The first-order valence-corrected chi connectivity index (χ1v) is 10.0. The van der Waals surface area contributed by atoms with Crippen molar-refractivity contribution in [2.75, 3.05) is 19.0 Å². The second kappa shape index (κ2) is 10.4. The number of allylic oxidation sites excluding steroid dienone is 1. The van der Waals surface area contributed by atoms with Gasteiger partial charge in [0.25, 0.3) is 5.91 Å². The highest BCUT2D eigenvalue weighted by Crippen LogP contribution is 2.28. The third-order valence-corrected chi connectivity index (χ3v) is 4.83. The number of fused-ring (bicyclic) bond motifs is 1. The summed E-state index contributed by atoms with van der Waals surface area (Å²) in [6, 6.07) is 12.0. The van der Waals surface area contributed by atoms with E-state index in [9.17, 15) is 14.4 Å². The first-order valence-electron chi connectivity index (χ1n) is 10.0. The molecule has 3 aromatic rings. The van der Waals surface area contributed by atoms with E-state index in [0.717, 1.165) is 5.56 Å². The number of carbonyl (C=O) groups is 2. The molecule has 0 fully saturated rings. The Kier molecular flexibility index (Phi) is 7.41. The molecule has 3 N–H and O–H groups in total. The van der Waals surface area contributed by atoms with Crippen LogP contribution in [0.1, 0.15) is 27.9 Å². The van der Waals surface area contributed by atoms with Gasteiger partial charge in [-0.3, -0.25) is 9.59 Å². The molecule has 0 saturated carbocycles. The van der Waals surface area contributed by atoms with Gasteiger partial charge in [-0.25, -0.2) is 4.79 Å². The molecule has 2 aromatic carbocycles. The number of ether oxygens (including phenoxy) is 1. The van der Waals surface area contributed by atoms with Crippen molar-refractivity contribution in [3.8, 4) is 5.75 Å². The first kappa shape index (κ1) is 22.8. The molecule has 0 aliphatic rings. The van der Waals surface area contributed by atoms with Crippen molar-refractivity contribution in [2.24, 2.45) is 0 Å². The molecule has 1 aromatic heterocycles. The maximum atomic E-state index is 12.7. The molecular weight excluding hydrogens is 412 g/mol.